The van der Waals surface area contributed by atoms with Crippen molar-refractivity contribution < 1.29 is 4.43 Å². The summed E-state index contributed by atoms with van der Waals surface area (Å²) in [7, 11) is -2.51. The monoisotopic (exact) mass is 316 g/mol. The Hall–Kier alpha value is 0.314. The Morgan fingerprint density at radius 2 is 1.55 bits per heavy atom. The highest BCUT2D eigenvalue weighted by Crippen LogP contribution is 2.20. The molecule has 1 unspecified atom stereocenters. The van der Waals surface area contributed by atoms with Crippen LogP contribution in [0.1, 0.15) is 13.8 Å². The molecule has 1 rings (SSSR count). The standard InChI is InChI=1S/C15H36N2OSi2/c1-8-18-20(6,7)14-15(2)13-16-9-11-17(12-10-16)19(3,4)5/h15H,8-14H2,1-7H3. The van der Waals surface area contributed by atoms with Crippen LogP contribution in [0, 0.1) is 5.92 Å². The van der Waals surface area contributed by atoms with E-state index in [2.05, 4.69) is 56.0 Å². The van der Waals surface area contributed by atoms with Crippen LogP contribution in [-0.4, -0.2) is 65.3 Å². The molecule has 1 heterocycles. The van der Waals surface area contributed by atoms with E-state index in [1.165, 1.54) is 38.8 Å². The van der Waals surface area contributed by atoms with Crippen LogP contribution in [0.5, 0.6) is 0 Å². The number of rotatable bonds is 7. The molecule has 5 heteroatoms. The highest BCUT2D eigenvalue weighted by atomic mass is 28.4. The van der Waals surface area contributed by atoms with Crippen molar-refractivity contribution >= 4 is 16.6 Å². The smallest absolute Gasteiger partial charge is 0.187 e. The van der Waals surface area contributed by atoms with Crippen LogP contribution in [0.3, 0.4) is 0 Å². The summed E-state index contributed by atoms with van der Waals surface area (Å²) < 4.78 is 8.71. The highest BCUT2D eigenvalue weighted by Gasteiger charge is 2.29. The minimum Gasteiger partial charge on any atom is -0.418 e. The van der Waals surface area contributed by atoms with E-state index in [-0.39, 0.29) is 0 Å². The quantitative estimate of drug-likeness (QED) is 0.670. The Balaban J connectivity index is 2.33. The maximum atomic E-state index is 5.97. The van der Waals surface area contributed by atoms with Gasteiger partial charge in [-0.2, -0.15) is 0 Å². The molecule has 0 N–H and O–H groups in total. The van der Waals surface area contributed by atoms with Gasteiger partial charge in [-0.3, -0.25) is 0 Å². The van der Waals surface area contributed by atoms with Crippen molar-refractivity contribution in [1.29, 1.82) is 0 Å². The van der Waals surface area contributed by atoms with Crippen molar-refractivity contribution in [3.8, 4) is 0 Å². The van der Waals surface area contributed by atoms with E-state index in [1.807, 2.05) is 0 Å². The lowest BCUT2D eigenvalue weighted by Gasteiger charge is -2.42. The van der Waals surface area contributed by atoms with Gasteiger partial charge in [0.2, 0.25) is 0 Å². The second kappa shape index (κ2) is 7.54. The average Bonchev–Trinajstić information content (AvgIpc) is 2.27. The average molecular weight is 317 g/mol. The molecule has 20 heavy (non-hydrogen) atoms. The Bertz CT molecular complexity index is 284. The van der Waals surface area contributed by atoms with E-state index in [9.17, 15) is 0 Å². The predicted octanol–water partition coefficient (Wildman–Crippen LogP) is 3.32. The van der Waals surface area contributed by atoms with E-state index in [0.717, 1.165) is 12.5 Å². The number of hydrogen-bond acceptors (Lipinski definition) is 3. The molecule has 1 aliphatic heterocycles. The van der Waals surface area contributed by atoms with Gasteiger partial charge in [0.1, 0.15) is 8.24 Å². The van der Waals surface area contributed by atoms with E-state index in [0.29, 0.717) is 0 Å². The summed E-state index contributed by atoms with van der Waals surface area (Å²) in [6.45, 7) is 23.8. The summed E-state index contributed by atoms with van der Waals surface area (Å²) >= 11 is 0. The summed E-state index contributed by atoms with van der Waals surface area (Å²) in [6.07, 6.45) is 0. The maximum Gasteiger partial charge on any atom is 0.187 e. The minimum atomic E-state index is -1.42. The van der Waals surface area contributed by atoms with Gasteiger partial charge in [-0.1, -0.05) is 26.6 Å². The molecule has 0 bridgehead atoms. The largest absolute Gasteiger partial charge is 0.418 e. The van der Waals surface area contributed by atoms with Crippen LogP contribution in [0.4, 0.5) is 0 Å². The second-order valence-electron chi connectivity index (χ2n) is 7.96. The van der Waals surface area contributed by atoms with E-state index < -0.39 is 16.6 Å². The third kappa shape index (κ3) is 6.39. The summed E-state index contributed by atoms with van der Waals surface area (Å²) in [4.78, 5) is 2.66. The third-order valence-corrected chi connectivity index (χ3v) is 9.36. The highest BCUT2D eigenvalue weighted by molar-refractivity contribution is 6.73. The van der Waals surface area contributed by atoms with Gasteiger partial charge in [0.15, 0.2) is 8.32 Å². The Morgan fingerprint density at radius 1 is 1.00 bits per heavy atom. The Morgan fingerprint density at radius 3 is 2.00 bits per heavy atom. The molecular weight excluding hydrogens is 280 g/mol. The summed E-state index contributed by atoms with van der Waals surface area (Å²) in [5.74, 6) is 0.765. The number of piperazine rings is 1. The number of nitrogens with zero attached hydrogens (tertiary/aromatic N) is 2. The van der Waals surface area contributed by atoms with Crippen LogP contribution >= 0.6 is 0 Å². The van der Waals surface area contributed by atoms with Gasteiger partial charge in [0, 0.05) is 39.3 Å². The molecule has 1 atom stereocenters. The lowest BCUT2D eigenvalue weighted by atomic mass is 10.2. The molecule has 0 amide bonds. The molecule has 0 aromatic rings. The van der Waals surface area contributed by atoms with Crippen molar-refractivity contribution in [2.75, 3.05) is 39.3 Å². The molecule has 1 saturated heterocycles. The van der Waals surface area contributed by atoms with Crippen molar-refractivity contribution in [1.82, 2.24) is 9.47 Å². The SMILES string of the molecule is CCO[Si](C)(C)CC(C)CN1CCN([Si](C)(C)C)CC1. The van der Waals surface area contributed by atoms with E-state index in [4.69, 9.17) is 4.43 Å². The van der Waals surface area contributed by atoms with Gasteiger partial charge in [0.25, 0.3) is 0 Å². The van der Waals surface area contributed by atoms with Crippen molar-refractivity contribution in [3.63, 3.8) is 0 Å². The molecule has 1 fully saturated rings. The van der Waals surface area contributed by atoms with Crippen LogP contribution in [0.2, 0.25) is 38.8 Å². The second-order valence-corrected chi connectivity index (χ2v) is 17.2. The van der Waals surface area contributed by atoms with Crippen molar-refractivity contribution in [2.45, 2.75) is 52.6 Å². The van der Waals surface area contributed by atoms with E-state index >= 15 is 0 Å². The van der Waals surface area contributed by atoms with Gasteiger partial charge < -0.3 is 13.9 Å². The van der Waals surface area contributed by atoms with Gasteiger partial charge in [-0.05, 0) is 32.0 Å². The molecule has 0 saturated carbocycles. The fourth-order valence-electron chi connectivity index (χ4n) is 3.40. The lowest BCUT2D eigenvalue weighted by molar-refractivity contribution is 0.166. The first kappa shape index (κ1) is 18.4. The Labute approximate surface area is 128 Å². The molecule has 0 spiro atoms. The zero-order valence-corrected chi connectivity index (χ0v) is 16.8. The van der Waals surface area contributed by atoms with Gasteiger partial charge >= 0.3 is 0 Å². The minimum absolute atomic E-state index is 0.765. The maximum absolute atomic E-state index is 5.97. The zero-order valence-electron chi connectivity index (χ0n) is 14.8. The lowest BCUT2D eigenvalue weighted by Crippen LogP contribution is -2.56. The summed E-state index contributed by atoms with van der Waals surface area (Å²) in [6, 6.07) is 1.29. The number of hydrogen-bond donors (Lipinski definition) is 0. The first-order chi connectivity index (χ1) is 9.14. The van der Waals surface area contributed by atoms with Crippen molar-refractivity contribution in [2.24, 2.45) is 5.92 Å². The molecule has 3 nitrogen and oxygen atoms in total. The summed E-state index contributed by atoms with van der Waals surface area (Å²) in [5, 5.41) is 0. The van der Waals surface area contributed by atoms with Crippen LogP contribution < -0.4 is 0 Å². The van der Waals surface area contributed by atoms with Gasteiger partial charge in [-0.15, -0.1) is 0 Å². The third-order valence-electron chi connectivity index (χ3n) is 4.27. The van der Waals surface area contributed by atoms with Crippen LogP contribution in [0.15, 0.2) is 0 Å². The fraction of sp³-hybridized carbons (Fsp3) is 1.00. The molecule has 0 aromatic carbocycles. The van der Waals surface area contributed by atoms with Gasteiger partial charge in [-0.25, -0.2) is 0 Å². The molecule has 0 aromatic heterocycles. The van der Waals surface area contributed by atoms with Crippen LogP contribution in [0.25, 0.3) is 0 Å². The molecule has 0 aliphatic carbocycles. The topological polar surface area (TPSA) is 15.7 Å². The molecular formula is C15H36N2OSi2. The van der Waals surface area contributed by atoms with E-state index in [1.54, 1.807) is 0 Å². The van der Waals surface area contributed by atoms with Gasteiger partial charge in [0.05, 0.1) is 0 Å². The Kier molecular flexibility index (Phi) is 6.92. The molecule has 0 radical (unpaired) electrons. The van der Waals surface area contributed by atoms with Crippen LogP contribution in [-0.2, 0) is 4.43 Å². The predicted molar refractivity (Wildman–Crippen MR) is 94.4 cm³/mol. The normalized spacial score (nSPS) is 21.1. The van der Waals surface area contributed by atoms with Crippen molar-refractivity contribution in [3.05, 3.63) is 0 Å². The molecule has 120 valence electrons. The fourth-order valence-corrected chi connectivity index (χ4v) is 7.64. The summed E-state index contributed by atoms with van der Waals surface area (Å²) in [5.41, 5.74) is 0. The molecule has 1 aliphatic rings. The zero-order chi connectivity index (χ0) is 15.4. The first-order valence-corrected chi connectivity index (χ1v) is 14.8. The first-order valence-electron chi connectivity index (χ1n) is 8.25.